The zero-order valence-corrected chi connectivity index (χ0v) is 10.5. The molecule has 2 atom stereocenters. The van der Waals surface area contributed by atoms with Gasteiger partial charge in [0.15, 0.2) is 0 Å². The molecule has 1 aliphatic heterocycles. The summed E-state index contributed by atoms with van der Waals surface area (Å²) in [6.45, 7) is 5.71. The van der Waals surface area contributed by atoms with Gasteiger partial charge in [0.05, 0.1) is 0 Å². The molecule has 1 amide bonds. The normalized spacial score (nSPS) is 27.4. The van der Waals surface area contributed by atoms with Crippen molar-refractivity contribution in [3.05, 3.63) is 42.2 Å². The van der Waals surface area contributed by atoms with Crippen LogP contribution in [0.15, 0.2) is 36.7 Å². The maximum absolute atomic E-state index is 12.4. The Bertz CT molecular complexity index is 469. The number of rotatable bonds is 2. The molecule has 2 heterocycles. The monoisotopic (exact) mass is 242 g/mol. The predicted octanol–water partition coefficient (Wildman–Crippen LogP) is 2.40. The molecule has 1 aromatic heterocycles. The molecule has 2 fully saturated rings. The molecule has 2 unspecified atom stereocenters. The summed E-state index contributed by atoms with van der Waals surface area (Å²) in [4.78, 5) is 18.4. The number of carbonyl (C=O) groups excluding carboxylic acids is 1. The van der Waals surface area contributed by atoms with Crippen molar-refractivity contribution in [1.29, 1.82) is 0 Å². The van der Waals surface area contributed by atoms with E-state index >= 15 is 0 Å². The van der Waals surface area contributed by atoms with E-state index in [9.17, 15) is 4.79 Å². The van der Waals surface area contributed by atoms with Gasteiger partial charge in [0.2, 0.25) is 5.91 Å². The van der Waals surface area contributed by atoms with Crippen molar-refractivity contribution in [2.45, 2.75) is 25.8 Å². The summed E-state index contributed by atoms with van der Waals surface area (Å²) in [5.74, 6) is 0.916. The number of likely N-dealkylation sites (tertiary alicyclic amines) is 1. The SMILES string of the molecule is C=C1CCCC2C(=O)N(Cc3ccncc3)CC12. The van der Waals surface area contributed by atoms with Crippen molar-refractivity contribution < 1.29 is 4.79 Å². The Hall–Kier alpha value is -1.64. The molecule has 3 rings (SSSR count). The first kappa shape index (κ1) is 11.5. The molecule has 18 heavy (non-hydrogen) atoms. The predicted molar refractivity (Wildman–Crippen MR) is 69.6 cm³/mol. The van der Waals surface area contributed by atoms with Crippen LogP contribution in [0, 0.1) is 11.8 Å². The second kappa shape index (κ2) is 4.56. The molecular formula is C15H18N2O. The van der Waals surface area contributed by atoms with Crippen molar-refractivity contribution in [2.24, 2.45) is 11.8 Å². The molecule has 3 nitrogen and oxygen atoms in total. The first-order valence-electron chi connectivity index (χ1n) is 6.61. The second-order valence-corrected chi connectivity index (χ2v) is 5.34. The maximum atomic E-state index is 12.4. The first-order chi connectivity index (χ1) is 8.75. The standard InChI is InChI=1S/C15H18N2O/c1-11-3-2-4-13-14(11)10-17(15(13)18)9-12-5-7-16-8-6-12/h5-8,13-14H,1-4,9-10H2. The van der Waals surface area contributed by atoms with E-state index in [1.807, 2.05) is 17.0 Å². The summed E-state index contributed by atoms with van der Waals surface area (Å²) in [6.07, 6.45) is 6.81. The van der Waals surface area contributed by atoms with Gasteiger partial charge in [-0.15, -0.1) is 0 Å². The summed E-state index contributed by atoms with van der Waals surface area (Å²) in [5.41, 5.74) is 2.43. The Balaban J connectivity index is 1.75. The third kappa shape index (κ3) is 1.94. The van der Waals surface area contributed by atoms with Gasteiger partial charge in [0.25, 0.3) is 0 Å². The van der Waals surface area contributed by atoms with Gasteiger partial charge in [0.1, 0.15) is 0 Å². The van der Waals surface area contributed by atoms with E-state index in [1.165, 1.54) is 5.57 Å². The molecule has 1 aromatic rings. The van der Waals surface area contributed by atoms with E-state index in [0.29, 0.717) is 18.4 Å². The number of hydrogen-bond acceptors (Lipinski definition) is 2. The van der Waals surface area contributed by atoms with E-state index in [2.05, 4.69) is 11.6 Å². The number of amides is 1. The number of fused-ring (bicyclic) bond motifs is 1. The highest BCUT2D eigenvalue weighted by molar-refractivity contribution is 5.82. The Kier molecular flexibility index (Phi) is 2.90. The Morgan fingerprint density at radius 3 is 2.83 bits per heavy atom. The summed E-state index contributed by atoms with van der Waals surface area (Å²) < 4.78 is 0. The highest BCUT2D eigenvalue weighted by atomic mass is 16.2. The van der Waals surface area contributed by atoms with Crippen molar-refractivity contribution in [3.63, 3.8) is 0 Å². The fourth-order valence-electron chi connectivity index (χ4n) is 3.19. The van der Waals surface area contributed by atoms with Crippen molar-refractivity contribution >= 4 is 5.91 Å². The molecule has 0 radical (unpaired) electrons. The minimum Gasteiger partial charge on any atom is -0.337 e. The number of pyridine rings is 1. The largest absolute Gasteiger partial charge is 0.337 e. The van der Waals surface area contributed by atoms with Gasteiger partial charge < -0.3 is 4.90 Å². The summed E-state index contributed by atoms with van der Waals surface area (Å²) in [5, 5.41) is 0. The second-order valence-electron chi connectivity index (χ2n) is 5.34. The number of nitrogens with zero attached hydrogens (tertiary/aromatic N) is 2. The zero-order valence-electron chi connectivity index (χ0n) is 10.5. The van der Waals surface area contributed by atoms with Crippen LogP contribution in [0.4, 0.5) is 0 Å². The topological polar surface area (TPSA) is 33.2 Å². The lowest BCUT2D eigenvalue weighted by Crippen LogP contribution is -2.27. The summed E-state index contributed by atoms with van der Waals surface area (Å²) >= 11 is 0. The Labute approximate surface area is 108 Å². The van der Waals surface area contributed by atoms with Gasteiger partial charge in [-0.25, -0.2) is 0 Å². The fourth-order valence-corrected chi connectivity index (χ4v) is 3.19. The van der Waals surface area contributed by atoms with Crippen molar-refractivity contribution in [2.75, 3.05) is 6.54 Å². The van der Waals surface area contributed by atoms with Crippen LogP contribution in [0.25, 0.3) is 0 Å². The van der Waals surface area contributed by atoms with E-state index in [0.717, 1.165) is 31.4 Å². The molecule has 0 bridgehead atoms. The van der Waals surface area contributed by atoms with Crippen molar-refractivity contribution in [1.82, 2.24) is 9.88 Å². The van der Waals surface area contributed by atoms with Gasteiger partial charge in [-0.1, -0.05) is 12.2 Å². The van der Waals surface area contributed by atoms with Crippen LogP contribution < -0.4 is 0 Å². The maximum Gasteiger partial charge on any atom is 0.226 e. The van der Waals surface area contributed by atoms with Crippen molar-refractivity contribution in [3.8, 4) is 0 Å². The zero-order chi connectivity index (χ0) is 12.5. The number of carbonyl (C=O) groups is 1. The van der Waals surface area contributed by atoms with E-state index in [1.54, 1.807) is 12.4 Å². The van der Waals surface area contributed by atoms with E-state index in [-0.39, 0.29) is 5.92 Å². The third-order valence-corrected chi connectivity index (χ3v) is 4.19. The van der Waals surface area contributed by atoms with Gasteiger partial charge in [-0.2, -0.15) is 0 Å². The van der Waals surface area contributed by atoms with E-state index < -0.39 is 0 Å². The van der Waals surface area contributed by atoms with Crippen LogP contribution >= 0.6 is 0 Å². The summed E-state index contributed by atoms with van der Waals surface area (Å²) in [7, 11) is 0. The lowest BCUT2D eigenvalue weighted by atomic mass is 9.78. The molecule has 94 valence electrons. The average molecular weight is 242 g/mol. The van der Waals surface area contributed by atoms with Crippen LogP contribution in [0.2, 0.25) is 0 Å². The van der Waals surface area contributed by atoms with Crippen LogP contribution in [-0.4, -0.2) is 22.3 Å². The lowest BCUT2D eigenvalue weighted by Gasteiger charge is -2.24. The highest BCUT2D eigenvalue weighted by Gasteiger charge is 2.42. The minimum absolute atomic E-state index is 0.202. The quantitative estimate of drug-likeness (QED) is 0.746. The van der Waals surface area contributed by atoms with Gasteiger partial charge in [-0.3, -0.25) is 9.78 Å². The Morgan fingerprint density at radius 2 is 2.11 bits per heavy atom. The first-order valence-corrected chi connectivity index (χ1v) is 6.61. The molecular weight excluding hydrogens is 224 g/mol. The molecule has 0 N–H and O–H groups in total. The van der Waals surface area contributed by atoms with Crippen LogP contribution in [0.5, 0.6) is 0 Å². The molecule has 1 aliphatic carbocycles. The van der Waals surface area contributed by atoms with E-state index in [4.69, 9.17) is 0 Å². The molecule has 1 saturated carbocycles. The Morgan fingerprint density at radius 1 is 1.33 bits per heavy atom. The van der Waals surface area contributed by atoms with Crippen LogP contribution in [0.3, 0.4) is 0 Å². The fraction of sp³-hybridized carbons (Fsp3) is 0.467. The summed E-state index contributed by atoms with van der Waals surface area (Å²) in [6, 6.07) is 3.95. The molecule has 0 spiro atoms. The number of aromatic nitrogens is 1. The van der Waals surface area contributed by atoms with Gasteiger partial charge in [0, 0.05) is 37.3 Å². The third-order valence-electron chi connectivity index (χ3n) is 4.19. The minimum atomic E-state index is 0.202. The molecule has 1 saturated heterocycles. The van der Waals surface area contributed by atoms with Crippen LogP contribution in [0.1, 0.15) is 24.8 Å². The molecule has 0 aromatic carbocycles. The lowest BCUT2D eigenvalue weighted by molar-refractivity contribution is -0.132. The number of hydrogen-bond donors (Lipinski definition) is 0. The average Bonchev–Trinajstić information content (AvgIpc) is 2.70. The smallest absolute Gasteiger partial charge is 0.226 e. The highest BCUT2D eigenvalue weighted by Crippen LogP contribution is 2.40. The van der Waals surface area contributed by atoms with Gasteiger partial charge in [-0.05, 0) is 37.0 Å². The molecule has 3 heteroatoms. The van der Waals surface area contributed by atoms with Crippen LogP contribution in [-0.2, 0) is 11.3 Å². The van der Waals surface area contributed by atoms with Gasteiger partial charge >= 0.3 is 0 Å². The molecule has 2 aliphatic rings.